The van der Waals surface area contributed by atoms with E-state index in [0.29, 0.717) is 13.0 Å². The lowest BCUT2D eigenvalue weighted by molar-refractivity contribution is -0.248. The van der Waals surface area contributed by atoms with Crippen LogP contribution >= 0.6 is 0 Å². The lowest BCUT2D eigenvalue weighted by Gasteiger charge is -2.14. The molecular formula is C17H38O5. The fourth-order valence-electron chi connectivity index (χ4n) is 1.29. The van der Waals surface area contributed by atoms with Crippen molar-refractivity contribution in [3.63, 3.8) is 0 Å². The third-order valence-corrected chi connectivity index (χ3v) is 2.54. The van der Waals surface area contributed by atoms with Gasteiger partial charge in [-0.2, -0.15) is 0 Å². The van der Waals surface area contributed by atoms with Gasteiger partial charge in [0.25, 0.3) is 0 Å². The van der Waals surface area contributed by atoms with Gasteiger partial charge in [-0.3, -0.25) is 5.26 Å². The molecule has 0 aliphatic rings. The fraction of sp³-hybridized carbons (Fsp3) is 0.882. The highest BCUT2D eigenvalue weighted by Crippen LogP contribution is 2.05. The van der Waals surface area contributed by atoms with Crippen LogP contribution in [0.5, 0.6) is 0 Å². The third-order valence-electron chi connectivity index (χ3n) is 2.54. The molecule has 0 bridgehead atoms. The van der Waals surface area contributed by atoms with Gasteiger partial charge >= 0.3 is 0 Å². The van der Waals surface area contributed by atoms with E-state index < -0.39 is 5.60 Å². The Morgan fingerprint density at radius 3 is 1.91 bits per heavy atom. The predicted octanol–water partition coefficient (Wildman–Crippen LogP) is 3.53. The molecule has 0 unspecified atom stereocenters. The molecule has 5 nitrogen and oxygen atoms in total. The summed E-state index contributed by atoms with van der Waals surface area (Å²) >= 11 is 0. The predicted molar refractivity (Wildman–Crippen MR) is 91.8 cm³/mol. The molecule has 5 heteroatoms. The Labute approximate surface area is 136 Å². The van der Waals surface area contributed by atoms with E-state index in [1.807, 2.05) is 13.0 Å². The van der Waals surface area contributed by atoms with Crippen LogP contribution in [0, 0.1) is 0 Å². The Bertz CT molecular complexity index is 204. The van der Waals surface area contributed by atoms with E-state index in [1.165, 1.54) is 25.7 Å². The molecule has 0 rings (SSSR count). The number of aliphatic hydroxyl groups excluding tert-OH is 2. The number of aliphatic hydroxyl groups is 3. The van der Waals surface area contributed by atoms with Crippen molar-refractivity contribution in [1.29, 1.82) is 0 Å². The van der Waals surface area contributed by atoms with Gasteiger partial charge in [0.1, 0.15) is 0 Å². The van der Waals surface area contributed by atoms with Gasteiger partial charge in [-0.05, 0) is 34.1 Å². The molecule has 4 N–H and O–H groups in total. The van der Waals surface area contributed by atoms with Crippen molar-refractivity contribution >= 4 is 0 Å². The smallest absolute Gasteiger partial charge is 0.0846 e. The second kappa shape index (κ2) is 20.5. The van der Waals surface area contributed by atoms with Crippen LogP contribution in [0.2, 0.25) is 0 Å². The summed E-state index contributed by atoms with van der Waals surface area (Å²) in [6, 6.07) is 0. The van der Waals surface area contributed by atoms with E-state index in [9.17, 15) is 0 Å². The maximum absolute atomic E-state index is 8.96. The van der Waals surface area contributed by atoms with E-state index in [2.05, 4.69) is 11.8 Å². The number of unbranched alkanes of at least 4 members (excludes halogenated alkanes) is 4. The largest absolute Gasteiger partial charge is 0.396 e. The maximum Gasteiger partial charge on any atom is 0.0846 e. The van der Waals surface area contributed by atoms with Crippen LogP contribution in [0.1, 0.15) is 73.1 Å². The molecule has 0 amide bonds. The molecule has 1 atom stereocenters. The van der Waals surface area contributed by atoms with Gasteiger partial charge in [-0.25, -0.2) is 4.89 Å². The summed E-state index contributed by atoms with van der Waals surface area (Å²) in [4.78, 5) is 3.76. The minimum absolute atomic E-state index is 0.184. The van der Waals surface area contributed by atoms with Crippen molar-refractivity contribution in [2.24, 2.45) is 0 Å². The molecule has 0 fully saturated rings. The zero-order chi connectivity index (χ0) is 17.9. The fourth-order valence-corrected chi connectivity index (χ4v) is 1.29. The first-order chi connectivity index (χ1) is 10.2. The highest BCUT2D eigenvalue weighted by molar-refractivity contribution is 4.81. The molecule has 0 saturated carbocycles. The number of hydrogen-bond acceptors (Lipinski definition) is 5. The van der Waals surface area contributed by atoms with Gasteiger partial charge < -0.3 is 15.3 Å². The van der Waals surface area contributed by atoms with Gasteiger partial charge in [-0.15, -0.1) is 0 Å². The lowest BCUT2D eigenvalue weighted by atomic mass is 10.1. The Hall–Kier alpha value is -0.460. The minimum Gasteiger partial charge on any atom is -0.396 e. The SMILES string of the molecule is C/C=C\[C@H](C)O.CC(C)(O)CCOO.CCCCCCCO. The van der Waals surface area contributed by atoms with Crippen LogP contribution in [0.3, 0.4) is 0 Å². The Morgan fingerprint density at radius 2 is 1.68 bits per heavy atom. The first kappa shape index (κ1) is 26.4. The summed E-state index contributed by atoms with van der Waals surface area (Å²) in [5, 5.41) is 33.6. The Balaban J connectivity index is -0.000000249. The first-order valence-corrected chi connectivity index (χ1v) is 8.15. The number of rotatable bonds is 9. The quantitative estimate of drug-likeness (QED) is 0.226. The molecule has 0 radical (unpaired) electrons. The molecule has 136 valence electrons. The standard InChI is InChI=1S/C7H16O.C5H12O3.C5H10O/c1-2-3-4-5-6-7-8;1-5(2,6)3-4-8-7;1-3-4-5(2)6/h8H,2-7H2,1H3;6-7H,3-4H2,1-2H3;3-6H,1-2H3/b;;4-3-/t;;5-/m..0/s1. The number of hydrogen-bond donors (Lipinski definition) is 4. The van der Waals surface area contributed by atoms with Crippen LogP contribution in [-0.2, 0) is 4.89 Å². The van der Waals surface area contributed by atoms with Crippen LogP contribution in [0.15, 0.2) is 12.2 Å². The zero-order valence-electron chi connectivity index (χ0n) is 15.1. The van der Waals surface area contributed by atoms with Gasteiger partial charge in [0.05, 0.1) is 18.3 Å². The summed E-state index contributed by atoms with van der Waals surface area (Å²) in [5.74, 6) is 0. The minimum atomic E-state index is -0.733. The third kappa shape index (κ3) is 42.7. The van der Waals surface area contributed by atoms with Crippen molar-refractivity contribution in [3.8, 4) is 0 Å². The maximum atomic E-state index is 8.96. The molecule has 0 aromatic carbocycles. The van der Waals surface area contributed by atoms with Crippen molar-refractivity contribution in [1.82, 2.24) is 0 Å². The second-order valence-corrected chi connectivity index (χ2v) is 5.80. The van der Waals surface area contributed by atoms with Crippen molar-refractivity contribution < 1.29 is 25.5 Å². The van der Waals surface area contributed by atoms with Crippen LogP contribution in [0.4, 0.5) is 0 Å². The second-order valence-electron chi connectivity index (χ2n) is 5.80. The molecule has 0 spiro atoms. The molecule has 0 aromatic rings. The normalized spacial score (nSPS) is 12.2. The van der Waals surface area contributed by atoms with E-state index in [0.717, 1.165) is 6.42 Å². The van der Waals surface area contributed by atoms with Gasteiger partial charge in [0.15, 0.2) is 0 Å². The van der Waals surface area contributed by atoms with Crippen molar-refractivity contribution in [3.05, 3.63) is 12.2 Å². The molecular weight excluding hydrogens is 284 g/mol. The molecule has 0 saturated heterocycles. The van der Waals surface area contributed by atoms with E-state index >= 15 is 0 Å². The Morgan fingerprint density at radius 1 is 1.14 bits per heavy atom. The lowest BCUT2D eigenvalue weighted by Crippen LogP contribution is -2.20. The number of allylic oxidation sites excluding steroid dienone is 1. The van der Waals surface area contributed by atoms with Crippen LogP contribution < -0.4 is 0 Å². The Kier molecular flexibility index (Phi) is 24.7. The summed E-state index contributed by atoms with van der Waals surface area (Å²) in [7, 11) is 0. The average molecular weight is 322 g/mol. The summed E-state index contributed by atoms with van der Waals surface area (Å²) < 4.78 is 0. The molecule has 22 heavy (non-hydrogen) atoms. The topological polar surface area (TPSA) is 90.2 Å². The zero-order valence-corrected chi connectivity index (χ0v) is 15.1. The van der Waals surface area contributed by atoms with Crippen molar-refractivity contribution in [2.45, 2.75) is 84.8 Å². The van der Waals surface area contributed by atoms with E-state index in [1.54, 1.807) is 26.8 Å². The van der Waals surface area contributed by atoms with E-state index in [-0.39, 0.29) is 12.7 Å². The van der Waals surface area contributed by atoms with Crippen molar-refractivity contribution in [2.75, 3.05) is 13.2 Å². The summed E-state index contributed by atoms with van der Waals surface area (Å²) in [6.45, 7) is 9.66. The summed E-state index contributed by atoms with van der Waals surface area (Å²) in [6.07, 6.45) is 9.79. The van der Waals surface area contributed by atoms with Crippen LogP contribution in [0.25, 0.3) is 0 Å². The molecule has 0 aliphatic carbocycles. The van der Waals surface area contributed by atoms with E-state index in [4.69, 9.17) is 20.6 Å². The molecule has 0 aliphatic heterocycles. The monoisotopic (exact) mass is 322 g/mol. The van der Waals surface area contributed by atoms with Gasteiger partial charge in [0.2, 0.25) is 0 Å². The summed E-state index contributed by atoms with van der Waals surface area (Å²) in [5.41, 5.74) is -0.733. The van der Waals surface area contributed by atoms with Gasteiger partial charge in [0, 0.05) is 13.0 Å². The highest BCUT2D eigenvalue weighted by Gasteiger charge is 2.10. The first-order valence-electron chi connectivity index (χ1n) is 8.15. The highest BCUT2D eigenvalue weighted by atomic mass is 17.1. The molecule has 0 aromatic heterocycles. The van der Waals surface area contributed by atoms with Gasteiger partial charge in [-0.1, -0.05) is 44.8 Å². The average Bonchev–Trinajstić information content (AvgIpc) is 2.42. The van der Waals surface area contributed by atoms with Crippen LogP contribution in [-0.4, -0.2) is 45.5 Å². The molecule has 0 heterocycles.